The Morgan fingerprint density at radius 3 is 2.56 bits per heavy atom. The zero-order chi connectivity index (χ0) is 17.9. The van der Waals surface area contributed by atoms with Crippen LogP contribution in [0, 0.1) is 0 Å². The van der Waals surface area contributed by atoms with Gasteiger partial charge in [0.2, 0.25) is 5.91 Å². The van der Waals surface area contributed by atoms with Gasteiger partial charge in [0, 0.05) is 37.5 Å². The average molecular weight is 338 g/mol. The van der Waals surface area contributed by atoms with Crippen LogP contribution in [0.25, 0.3) is 6.08 Å². The van der Waals surface area contributed by atoms with Crippen LogP contribution in [0.5, 0.6) is 5.75 Å². The van der Waals surface area contributed by atoms with E-state index in [2.05, 4.69) is 29.4 Å². The Morgan fingerprint density at radius 1 is 1.08 bits per heavy atom. The molecule has 4 heteroatoms. The number of carbonyl (C=O) groups excluding carboxylic acids is 1. The fourth-order valence-corrected chi connectivity index (χ4v) is 2.53. The topological polar surface area (TPSA) is 41.6 Å². The van der Waals surface area contributed by atoms with Crippen LogP contribution < -0.4 is 15.0 Å². The van der Waals surface area contributed by atoms with Crippen LogP contribution in [0.1, 0.15) is 18.4 Å². The molecule has 0 fully saturated rings. The summed E-state index contributed by atoms with van der Waals surface area (Å²) in [6.07, 6.45) is 5.30. The van der Waals surface area contributed by atoms with Crippen molar-refractivity contribution < 1.29 is 9.53 Å². The summed E-state index contributed by atoms with van der Waals surface area (Å²) in [4.78, 5) is 14.1. The van der Waals surface area contributed by atoms with Crippen molar-refractivity contribution in [3.05, 3.63) is 66.2 Å². The number of anilines is 1. The fraction of sp³-hybridized carbons (Fsp3) is 0.286. The lowest BCUT2D eigenvalue weighted by atomic mass is 10.2. The molecule has 0 aromatic heterocycles. The Morgan fingerprint density at radius 2 is 1.80 bits per heavy atom. The normalized spacial score (nSPS) is 10.6. The van der Waals surface area contributed by atoms with E-state index in [4.69, 9.17) is 4.74 Å². The molecule has 0 saturated heterocycles. The second kappa shape index (κ2) is 10.2. The van der Waals surface area contributed by atoms with Crippen molar-refractivity contribution >= 4 is 17.7 Å². The number of unbranched alkanes of at least 4 members (excludes halogenated alkanes) is 1. The van der Waals surface area contributed by atoms with Crippen molar-refractivity contribution in [1.29, 1.82) is 0 Å². The van der Waals surface area contributed by atoms with E-state index < -0.39 is 0 Å². The van der Waals surface area contributed by atoms with Crippen LogP contribution in [0.15, 0.2) is 60.7 Å². The Hall–Kier alpha value is -2.75. The SMILES string of the molecule is COc1ccccc1C=CC(=O)NCCCCN(C)c1ccccc1. The second-order valence-electron chi connectivity index (χ2n) is 5.83. The summed E-state index contributed by atoms with van der Waals surface area (Å²) in [7, 11) is 3.71. The van der Waals surface area contributed by atoms with Crippen LogP contribution >= 0.6 is 0 Å². The van der Waals surface area contributed by atoms with Crippen molar-refractivity contribution in [1.82, 2.24) is 5.32 Å². The van der Waals surface area contributed by atoms with Gasteiger partial charge in [-0.15, -0.1) is 0 Å². The summed E-state index contributed by atoms with van der Waals surface area (Å²) in [5, 5.41) is 2.92. The second-order valence-corrected chi connectivity index (χ2v) is 5.83. The summed E-state index contributed by atoms with van der Waals surface area (Å²) in [5.74, 6) is 0.679. The smallest absolute Gasteiger partial charge is 0.244 e. The van der Waals surface area contributed by atoms with Gasteiger partial charge in [-0.25, -0.2) is 0 Å². The first-order chi connectivity index (χ1) is 12.2. The lowest BCUT2D eigenvalue weighted by Gasteiger charge is -2.18. The third kappa shape index (κ3) is 6.34. The van der Waals surface area contributed by atoms with Gasteiger partial charge in [0.15, 0.2) is 0 Å². The van der Waals surface area contributed by atoms with Crippen molar-refractivity contribution in [2.75, 3.05) is 32.1 Å². The van der Waals surface area contributed by atoms with Crippen molar-refractivity contribution in [3.63, 3.8) is 0 Å². The van der Waals surface area contributed by atoms with Crippen LogP contribution in [-0.4, -0.2) is 33.2 Å². The van der Waals surface area contributed by atoms with E-state index in [0.717, 1.165) is 30.7 Å². The molecule has 0 bridgehead atoms. The van der Waals surface area contributed by atoms with Crippen molar-refractivity contribution in [2.45, 2.75) is 12.8 Å². The number of amides is 1. The molecule has 0 saturated carbocycles. The Bertz CT molecular complexity index is 683. The molecule has 1 amide bonds. The molecular formula is C21H26N2O2. The molecule has 0 heterocycles. The van der Waals surface area contributed by atoms with Gasteiger partial charge in [0.1, 0.15) is 5.75 Å². The van der Waals surface area contributed by atoms with Crippen molar-refractivity contribution in [2.24, 2.45) is 0 Å². The minimum Gasteiger partial charge on any atom is -0.496 e. The summed E-state index contributed by atoms with van der Waals surface area (Å²) in [5.41, 5.74) is 2.11. The lowest BCUT2D eigenvalue weighted by molar-refractivity contribution is -0.116. The number of methoxy groups -OCH3 is 1. The lowest BCUT2D eigenvalue weighted by Crippen LogP contribution is -2.24. The van der Waals surface area contributed by atoms with Gasteiger partial charge in [0.25, 0.3) is 0 Å². The summed E-state index contributed by atoms with van der Waals surface area (Å²) >= 11 is 0. The minimum absolute atomic E-state index is 0.0812. The molecule has 2 aromatic carbocycles. The number of hydrogen-bond acceptors (Lipinski definition) is 3. The first kappa shape index (κ1) is 18.6. The highest BCUT2D eigenvalue weighted by Gasteiger charge is 2.01. The minimum atomic E-state index is -0.0812. The first-order valence-corrected chi connectivity index (χ1v) is 8.56. The summed E-state index contributed by atoms with van der Waals surface area (Å²) < 4.78 is 5.26. The van der Waals surface area contributed by atoms with Crippen molar-refractivity contribution in [3.8, 4) is 5.75 Å². The number of carbonyl (C=O) groups is 1. The van der Waals surface area contributed by atoms with E-state index in [9.17, 15) is 4.79 Å². The van der Waals surface area contributed by atoms with Gasteiger partial charge in [-0.1, -0.05) is 36.4 Å². The number of ether oxygens (including phenoxy) is 1. The van der Waals surface area contributed by atoms with E-state index in [1.807, 2.05) is 42.5 Å². The molecule has 0 unspecified atom stereocenters. The third-order valence-corrected chi connectivity index (χ3v) is 3.97. The van der Waals surface area contributed by atoms with Gasteiger partial charge in [-0.05, 0) is 37.1 Å². The monoisotopic (exact) mass is 338 g/mol. The maximum atomic E-state index is 11.9. The van der Waals surface area contributed by atoms with Crippen LogP contribution in [0.4, 0.5) is 5.69 Å². The zero-order valence-electron chi connectivity index (χ0n) is 14.9. The van der Waals surface area contributed by atoms with Crippen LogP contribution in [0.3, 0.4) is 0 Å². The average Bonchev–Trinajstić information content (AvgIpc) is 2.66. The van der Waals surface area contributed by atoms with E-state index >= 15 is 0 Å². The highest BCUT2D eigenvalue weighted by molar-refractivity contribution is 5.92. The molecular weight excluding hydrogens is 312 g/mol. The molecule has 0 aliphatic heterocycles. The van der Waals surface area contributed by atoms with Crippen LogP contribution in [-0.2, 0) is 4.79 Å². The Balaban J connectivity index is 1.66. The molecule has 0 aliphatic rings. The number of hydrogen-bond donors (Lipinski definition) is 1. The number of para-hydroxylation sites is 2. The summed E-state index contributed by atoms with van der Waals surface area (Å²) in [6.45, 7) is 1.65. The maximum Gasteiger partial charge on any atom is 0.244 e. The summed E-state index contributed by atoms with van der Waals surface area (Å²) in [6, 6.07) is 17.9. The standard InChI is InChI=1S/C21H26N2O2/c1-23(19-11-4-3-5-12-19)17-9-8-16-22-21(24)15-14-18-10-6-7-13-20(18)25-2/h3-7,10-15H,8-9,16-17H2,1-2H3,(H,22,24). The zero-order valence-corrected chi connectivity index (χ0v) is 14.9. The number of rotatable bonds is 9. The molecule has 2 aromatic rings. The third-order valence-electron chi connectivity index (χ3n) is 3.97. The molecule has 1 N–H and O–H groups in total. The molecule has 0 radical (unpaired) electrons. The fourth-order valence-electron chi connectivity index (χ4n) is 2.53. The van der Waals surface area contributed by atoms with E-state index in [0.29, 0.717) is 6.54 Å². The van der Waals surface area contributed by atoms with Gasteiger partial charge < -0.3 is 15.0 Å². The van der Waals surface area contributed by atoms with Crippen LogP contribution in [0.2, 0.25) is 0 Å². The quantitative estimate of drug-likeness (QED) is 0.559. The predicted octanol–water partition coefficient (Wildman–Crippen LogP) is 3.74. The van der Waals surface area contributed by atoms with E-state index in [1.165, 1.54) is 5.69 Å². The molecule has 4 nitrogen and oxygen atoms in total. The van der Waals surface area contributed by atoms with E-state index in [1.54, 1.807) is 19.3 Å². The Kier molecular flexibility index (Phi) is 7.57. The number of benzene rings is 2. The van der Waals surface area contributed by atoms with Gasteiger partial charge in [-0.2, -0.15) is 0 Å². The first-order valence-electron chi connectivity index (χ1n) is 8.56. The van der Waals surface area contributed by atoms with Gasteiger partial charge in [-0.3, -0.25) is 4.79 Å². The highest BCUT2D eigenvalue weighted by atomic mass is 16.5. The molecule has 2 rings (SSSR count). The molecule has 25 heavy (non-hydrogen) atoms. The molecule has 132 valence electrons. The largest absolute Gasteiger partial charge is 0.496 e. The molecule has 0 atom stereocenters. The Labute approximate surface area is 150 Å². The van der Waals surface area contributed by atoms with Gasteiger partial charge >= 0.3 is 0 Å². The maximum absolute atomic E-state index is 11.9. The number of nitrogens with one attached hydrogen (secondary N) is 1. The number of nitrogens with zero attached hydrogens (tertiary/aromatic N) is 1. The van der Waals surface area contributed by atoms with E-state index in [-0.39, 0.29) is 5.91 Å². The molecule has 0 spiro atoms. The highest BCUT2D eigenvalue weighted by Crippen LogP contribution is 2.18. The molecule has 0 aliphatic carbocycles. The van der Waals surface area contributed by atoms with Gasteiger partial charge in [0.05, 0.1) is 7.11 Å². The predicted molar refractivity (Wildman–Crippen MR) is 104 cm³/mol.